The molecule has 0 radical (unpaired) electrons. The van der Waals surface area contributed by atoms with Gasteiger partial charge in [-0.15, -0.1) is 0 Å². The van der Waals surface area contributed by atoms with Gasteiger partial charge in [0.2, 0.25) is 0 Å². The topological polar surface area (TPSA) is 64.7 Å². The van der Waals surface area contributed by atoms with Crippen molar-refractivity contribution in [3.63, 3.8) is 0 Å². The second-order valence-electron chi connectivity index (χ2n) is 17.0. The molecule has 0 saturated heterocycles. The maximum absolute atomic E-state index is 6.89. The molecule has 1 aliphatic carbocycles. The smallest absolute Gasteiger partial charge is 0.144 e. The van der Waals surface area contributed by atoms with E-state index in [1.54, 1.807) is 0 Å². The number of hydrogen-bond acceptors (Lipinski definition) is 5. The van der Waals surface area contributed by atoms with E-state index >= 15 is 0 Å². The van der Waals surface area contributed by atoms with Gasteiger partial charge in [-0.1, -0.05) is 135 Å². The molecule has 5 heterocycles. The Bertz CT molecular complexity index is 3840. The molecule has 5 aromatic heterocycles. The monoisotopic (exact) mass is 792 g/mol. The van der Waals surface area contributed by atoms with Gasteiger partial charge in [0.25, 0.3) is 0 Å². The molecule has 5 nitrogen and oxygen atoms in total. The van der Waals surface area contributed by atoms with Gasteiger partial charge >= 0.3 is 0 Å². The molecule has 0 unspecified atom stereocenters. The summed E-state index contributed by atoms with van der Waals surface area (Å²) in [5, 5.41) is 6.60. The first kappa shape index (κ1) is 34.8. The third kappa shape index (κ3) is 5.15. The maximum atomic E-state index is 6.89. The van der Waals surface area contributed by atoms with Crippen molar-refractivity contribution in [2.75, 3.05) is 0 Å². The summed E-state index contributed by atoms with van der Waals surface area (Å²) in [5.74, 6) is 0. The molecule has 0 amide bonds. The zero-order chi connectivity index (χ0) is 41.1. The summed E-state index contributed by atoms with van der Waals surface area (Å²) in [7, 11) is 0. The van der Waals surface area contributed by atoms with Crippen molar-refractivity contribution in [1.82, 2.24) is 19.9 Å². The minimum atomic E-state index is -0.292. The van der Waals surface area contributed by atoms with Crippen LogP contribution in [0.3, 0.4) is 0 Å². The van der Waals surface area contributed by atoms with Crippen molar-refractivity contribution in [3.05, 3.63) is 193 Å². The summed E-state index contributed by atoms with van der Waals surface area (Å²) in [6.45, 7) is 4.70. The van der Waals surface area contributed by atoms with Crippen LogP contribution < -0.4 is 0 Å². The number of furan rings is 1. The average Bonchev–Trinajstić information content (AvgIpc) is 3.83. The number of benzene rings is 7. The molecular formula is C57H36N4O. The molecule has 0 aliphatic heterocycles. The largest absolute Gasteiger partial charge is 0.455 e. The highest BCUT2D eigenvalue weighted by molar-refractivity contribution is 6.18. The van der Waals surface area contributed by atoms with Gasteiger partial charge in [0.1, 0.15) is 11.2 Å². The van der Waals surface area contributed by atoms with Gasteiger partial charge in [-0.2, -0.15) is 0 Å². The molecule has 62 heavy (non-hydrogen) atoms. The summed E-state index contributed by atoms with van der Waals surface area (Å²) in [6.07, 6.45) is 3.68. The predicted molar refractivity (Wildman–Crippen MR) is 254 cm³/mol. The first-order valence-corrected chi connectivity index (χ1v) is 21.1. The lowest BCUT2D eigenvalue weighted by molar-refractivity contribution is 0.653. The molecule has 0 bridgehead atoms. The Kier molecular flexibility index (Phi) is 7.29. The normalized spacial score (nSPS) is 13.1. The van der Waals surface area contributed by atoms with Gasteiger partial charge < -0.3 is 4.42 Å². The SMILES string of the molecule is CC1(C)c2cc(-c3cccc(-c4ccc5ccc6cccnc6c5n4)c3)ccc2-c2c1cc(-c1ccc(-c3ccc4ccc5cccnc5c4n3)cc1)c1c2oc2ccccc21. The van der Waals surface area contributed by atoms with Gasteiger partial charge in [0, 0.05) is 66.8 Å². The Labute approximate surface area is 357 Å². The summed E-state index contributed by atoms with van der Waals surface area (Å²) in [4.78, 5) is 19.7. The Morgan fingerprint density at radius 3 is 1.71 bits per heavy atom. The molecule has 0 spiro atoms. The van der Waals surface area contributed by atoms with E-state index in [1.165, 1.54) is 27.8 Å². The number of para-hydroxylation sites is 1. The van der Waals surface area contributed by atoms with E-state index in [9.17, 15) is 0 Å². The number of fused-ring (bicyclic) bond motifs is 13. The van der Waals surface area contributed by atoms with Gasteiger partial charge in [-0.3, -0.25) is 9.97 Å². The maximum Gasteiger partial charge on any atom is 0.144 e. The molecule has 0 N–H and O–H groups in total. The quantitative estimate of drug-likeness (QED) is 0.166. The van der Waals surface area contributed by atoms with Crippen LogP contribution in [0, 0.1) is 0 Å². The van der Waals surface area contributed by atoms with E-state index in [-0.39, 0.29) is 5.41 Å². The van der Waals surface area contributed by atoms with Crippen molar-refractivity contribution in [1.29, 1.82) is 0 Å². The van der Waals surface area contributed by atoms with E-state index in [0.29, 0.717) is 0 Å². The fourth-order valence-corrected chi connectivity index (χ4v) is 9.94. The van der Waals surface area contributed by atoms with E-state index in [0.717, 1.165) is 105 Å². The molecule has 13 rings (SSSR count). The zero-order valence-electron chi connectivity index (χ0n) is 34.0. The zero-order valence-corrected chi connectivity index (χ0v) is 34.0. The van der Waals surface area contributed by atoms with Crippen LogP contribution >= 0.6 is 0 Å². The van der Waals surface area contributed by atoms with Crippen LogP contribution in [0.2, 0.25) is 0 Å². The van der Waals surface area contributed by atoms with Crippen molar-refractivity contribution in [2.45, 2.75) is 19.3 Å². The van der Waals surface area contributed by atoms with E-state index < -0.39 is 0 Å². The van der Waals surface area contributed by atoms with Gasteiger partial charge in [-0.25, -0.2) is 9.97 Å². The van der Waals surface area contributed by atoms with Crippen molar-refractivity contribution in [3.8, 4) is 55.9 Å². The second kappa shape index (κ2) is 13.0. The average molecular weight is 793 g/mol. The Hall–Kier alpha value is -8.02. The highest BCUT2D eigenvalue weighted by Crippen LogP contribution is 2.55. The Morgan fingerprint density at radius 2 is 1.00 bits per heavy atom. The van der Waals surface area contributed by atoms with Crippen LogP contribution in [0.25, 0.3) is 121 Å². The standard InChI is InChI=1S/C57H36N4O/c1-57(2)45-31-40(39-8-5-9-41(30-39)48-27-24-38-21-19-36-11-7-29-59-53(36)55(38)61-48)22-25-42(45)51-46(57)32-44(50-43-12-3-4-13-49(43)62-56(50)51)33-14-16-34(17-15-33)47-26-23-37-20-18-35-10-6-28-58-52(35)54(37)60-47/h3-32H,1-2H3. The second-order valence-corrected chi connectivity index (χ2v) is 17.0. The molecule has 0 fully saturated rings. The predicted octanol–water partition coefficient (Wildman–Crippen LogP) is 14.8. The van der Waals surface area contributed by atoms with Crippen LogP contribution in [0.15, 0.2) is 187 Å². The summed E-state index contributed by atoms with van der Waals surface area (Å²) < 4.78 is 6.89. The molecule has 290 valence electrons. The molecule has 0 saturated carbocycles. The molecule has 7 aromatic carbocycles. The fourth-order valence-electron chi connectivity index (χ4n) is 9.94. The lowest BCUT2D eigenvalue weighted by Gasteiger charge is -2.23. The molecule has 5 heteroatoms. The third-order valence-electron chi connectivity index (χ3n) is 13.1. The van der Waals surface area contributed by atoms with Crippen LogP contribution in [0.4, 0.5) is 0 Å². The van der Waals surface area contributed by atoms with E-state index in [2.05, 4.69) is 182 Å². The van der Waals surface area contributed by atoms with Gasteiger partial charge in [0.05, 0.1) is 33.5 Å². The van der Waals surface area contributed by atoms with Crippen LogP contribution in [-0.4, -0.2) is 19.9 Å². The Morgan fingerprint density at radius 1 is 0.419 bits per heavy atom. The van der Waals surface area contributed by atoms with Gasteiger partial charge in [-0.05, 0) is 87.5 Å². The molecule has 12 aromatic rings. The molecule has 0 atom stereocenters. The minimum absolute atomic E-state index is 0.292. The third-order valence-corrected chi connectivity index (χ3v) is 13.1. The lowest BCUT2D eigenvalue weighted by atomic mass is 9.80. The number of pyridine rings is 4. The first-order valence-electron chi connectivity index (χ1n) is 21.1. The van der Waals surface area contributed by atoms with Crippen molar-refractivity contribution >= 4 is 65.6 Å². The van der Waals surface area contributed by atoms with Crippen LogP contribution in [-0.2, 0) is 5.41 Å². The van der Waals surface area contributed by atoms with E-state index in [4.69, 9.17) is 14.4 Å². The van der Waals surface area contributed by atoms with Crippen LogP contribution in [0.5, 0.6) is 0 Å². The number of rotatable bonds is 4. The van der Waals surface area contributed by atoms with Crippen LogP contribution in [0.1, 0.15) is 25.0 Å². The lowest BCUT2D eigenvalue weighted by Crippen LogP contribution is -2.15. The van der Waals surface area contributed by atoms with Crippen molar-refractivity contribution < 1.29 is 4.42 Å². The number of hydrogen-bond donors (Lipinski definition) is 0. The van der Waals surface area contributed by atoms with Crippen molar-refractivity contribution in [2.24, 2.45) is 0 Å². The minimum Gasteiger partial charge on any atom is -0.455 e. The summed E-state index contributed by atoms with van der Waals surface area (Å²) in [5.41, 5.74) is 18.8. The van der Waals surface area contributed by atoms with E-state index in [1.807, 2.05) is 24.5 Å². The highest BCUT2D eigenvalue weighted by atomic mass is 16.3. The molecular weight excluding hydrogens is 757 g/mol. The number of nitrogens with zero attached hydrogens (tertiary/aromatic N) is 4. The summed E-state index contributed by atoms with van der Waals surface area (Å²) in [6, 6.07) is 60.5. The molecule has 1 aliphatic rings. The number of aromatic nitrogens is 4. The van der Waals surface area contributed by atoms with Gasteiger partial charge in [0.15, 0.2) is 0 Å². The highest BCUT2D eigenvalue weighted by Gasteiger charge is 2.39. The fraction of sp³-hybridized carbons (Fsp3) is 0.0526. The first-order chi connectivity index (χ1) is 30.5. The summed E-state index contributed by atoms with van der Waals surface area (Å²) >= 11 is 0. The Balaban J connectivity index is 0.913.